The number of hydrogen-bond acceptors (Lipinski definition) is 5. The molecule has 1 N–H and O–H groups in total. The SMILES string of the molecule is COc1cc(C=Cc2nc3cc(C)ccc3s2)cc(OC)c1O. The molecule has 4 nitrogen and oxygen atoms in total. The van der Waals surface area contributed by atoms with Gasteiger partial charge in [0.2, 0.25) is 5.75 Å². The highest BCUT2D eigenvalue weighted by atomic mass is 32.1. The van der Waals surface area contributed by atoms with E-state index >= 15 is 0 Å². The number of aromatic nitrogens is 1. The second-order valence-corrected chi connectivity index (χ2v) is 6.19. The Morgan fingerprint density at radius 2 is 1.74 bits per heavy atom. The fraction of sp³-hybridized carbons (Fsp3) is 0.167. The van der Waals surface area contributed by atoms with Crippen molar-refractivity contribution in [2.75, 3.05) is 14.2 Å². The second kappa shape index (κ2) is 6.30. The molecule has 3 rings (SSSR count). The molecule has 0 aliphatic rings. The van der Waals surface area contributed by atoms with Gasteiger partial charge < -0.3 is 14.6 Å². The molecule has 0 radical (unpaired) electrons. The van der Waals surface area contributed by atoms with E-state index < -0.39 is 0 Å². The summed E-state index contributed by atoms with van der Waals surface area (Å²) in [5.41, 5.74) is 3.08. The number of hydrogen-bond donors (Lipinski definition) is 1. The highest BCUT2D eigenvalue weighted by molar-refractivity contribution is 7.19. The van der Waals surface area contributed by atoms with Gasteiger partial charge in [-0.05, 0) is 48.4 Å². The summed E-state index contributed by atoms with van der Waals surface area (Å²) in [6.07, 6.45) is 3.88. The Balaban J connectivity index is 1.94. The second-order valence-electron chi connectivity index (χ2n) is 5.13. The number of thiazole rings is 1. The zero-order valence-electron chi connectivity index (χ0n) is 13.2. The van der Waals surface area contributed by atoms with Gasteiger partial charge in [-0.3, -0.25) is 0 Å². The van der Waals surface area contributed by atoms with Gasteiger partial charge in [-0.15, -0.1) is 11.3 Å². The smallest absolute Gasteiger partial charge is 0.200 e. The van der Waals surface area contributed by atoms with E-state index in [-0.39, 0.29) is 5.75 Å². The number of ether oxygens (including phenoxy) is 2. The third-order valence-electron chi connectivity index (χ3n) is 3.48. The normalized spacial score (nSPS) is 11.3. The maximum Gasteiger partial charge on any atom is 0.200 e. The van der Waals surface area contributed by atoms with Gasteiger partial charge in [-0.2, -0.15) is 0 Å². The molecule has 0 fully saturated rings. The number of phenolic OH excluding ortho intramolecular Hbond substituents is 1. The Morgan fingerprint density at radius 1 is 1.04 bits per heavy atom. The van der Waals surface area contributed by atoms with Gasteiger partial charge in [0, 0.05) is 0 Å². The van der Waals surface area contributed by atoms with Crippen molar-refractivity contribution in [3.05, 3.63) is 46.5 Å². The van der Waals surface area contributed by atoms with Crippen LogP contribution in [0.3, 0.4) is 0 Å². The first-order valence-electron chi connectivity index (χ1n) is 7.11. The summed E-state index contributed by atoms with van der Waals surface area (Å²) in [6.45, 7) is 2.06. The van der Waals surface area contributed by atoms with Gasteiger partial charge in [0.05, 0.1) is 24.4 Å². The van der Waals surface area contributed by atoms with Crippen LogP contribution in [0.5, 0.6) is 17.2 Å². The van der Waals surface area contributed by atoms with Crippen LogP contribution in [-0.2, 0) is 0 Å². The van der Waals surface area contributed by atoms with Crippen LogP contribution in [0.4, 0.5) is 0 Å². The first-order valence-corrected chi connectivity index (χ1v) is 7.92. The quantitative estimate of drug-likeness (QED) is 0.766. The summed E-state index contributed by atoms with van der Waals surface area (Å²) in [4.78, 5) is 4.61. The molecule has 118 valence electrons. The summed E-state index contributed by atoms with van der Waals surface area (Å²) in [7, 11) is 3.02. The third kappa shape index (κ3) is 3.14. The van der Waals surface area contributed by atoms with Crippen LogP contribution in [0.15, 0.2) is 30.3 Å². The molecule has 1 heterocycles. The van der Waals surface area contributed by atoms with Gasteiger partial charge in [0.25, 0.3) is 0 Å². The molecule has 2 aromatic carbocycles. The highest BCUT2D eigenvalue weighted by Crippen LogP contribution is 2.37. The molecule has 23 heavy (non-hydrogen) atoms. The van der Waals surface area contributed by atoms with Crippen molar-refractivity contribution in [3.63, 3.8) is 0 Å². The average Bonchev–Trinajstić information content (AvgIpc) is 2.95. The number of aromatic hydroxyl groups is 1. The van der Waals surface area contributed by atoms with Crippen molar-refractivity contribution in [2.45, 2.75) is 6.92 Å². The Kier molecular flexibility index (Phi) is 4.21. The molecular weight excluding hydrogens is 310 g/mol. The predicted molar refractivity (Wildman–Crippen MR) is 94.5 cm³/mol. The molecule has 0 saturated heterocycles. The summed E-state index contributed by atoms with van der Waals surface area (Å²) < 4.78 is 11.5. The van der Waals surface area contributed by atoms with Crippen LogP contribution >= 0.6 is 11.3 Å². The van der Waals surface area contributed by atoms with Crippen LogP contribution in [-0.4, -0.2) is 24.3 Å². The minimum Gasteiger partial charge on any atom is -0.502 e. The first kappa shape index (κ1) is 15.4. The van der Waals surface area contributed by atoms with Crippen LogP contribution in [0.2, 0.25) is 0 Å². The van der Waals surface area contributed by atoms with Crippen molar-refractivity contribution in [3.8, 4) is 17.2 Å². The van der Waals surface area contributed by atoms with E-state index in [1.165, 1.54) is 19.8 Å². The van der Waals surface area contributed by atoms with Crippen molar-refractivity contribution in [2.24, 2.45) is 0 Å². The molecule has 0 aliphatic heterocycles. The van der Waals surface area contributed by atoms with Gasteiger partial charge >= 0.3 is 0 Å². The van der Waals surface area contributed by atoms with Crippen molar-refractivity contribution in [1.82, 2.24) is 4.98 Å². The molecule has 0 amide bonds. The number of benzene rings is 2. The summed E-state index contributed by atoms with van der Waals surface area (Å²) in [5, 5.41) is 10.9. The van der Waals surface area contributed by atoms with E-state index in [4.69, 9.17) is 9.47 Å². The van der Waals surface area contributed by atoms with Gasteiger partial charge in [-0.25, -0.2) is 4.98 Å². The minimum atomic E-state index is 0.00242. The lowest BCUT2D eigenvalue weighted by atomic mass is 10.1. The number of phenols is 1. The Hall–Kier alpha value is -2.53. The Morgan fingerprint density at radius 3 is 2.39 bits per heavy atom. The highest BCUT2D eigenvalue weighted by Gasteiger charge is 2.10. The van der Waals surface area contributed by atoms with Crippen LogP contribution < -0.4 is 9.47 Å². The van der Waals surface area contributed by atoms with Crippen LogP contribution in [0, 0.1) is 6.92 Å². The predicted octanol–water partition coefficient (Wildman–Crippen LogP) is 4.50. The van der Waals surface area contributed by atoms with Gasteiger partial charge in [0.1, 0.15) is 5.01 Å². The molecule has 0 atom stereocenters. The van der Waals surface area contributed by atoms with E-state index in [1.807, 2.05) is 12.2 Å². The van der Waals surface area contributed by atoms with Gasteiger partial charge in [0.15, 0.2) is 11.5 Å². The number of rotatable bonds is 4. The van der Waals surface area contributed by atoms with Crippen molar-refractivity contribution < 1.29 is 14.6 Å². The number of nitrogens with zero attached hydrogens (tertiary/aromatic N) is 1. The Labute approximate surface area is 138 Å². The fourth-order valence-electron chi connectivity index (χ4n) is 2.30. The molecule has 0 unspecified atom stereocenters. The van der Waals surface area contributed by atoms with E-state index in [1.54, 1.807) is 23.5 Å². The first-order chi connectivity index (χ1) is 11.1. The lowest BCUT2D eigenvalue weighted by molar-refractivity contribution is 0.340. The summed E-state index contributed by atoms with van der Waals surface area (Å²) >= 11 is 1.64. The molecule has 5 heteroatoms. The number of aryl methyl sites for hydroxylation is 1. The van der Waals surface area contributed by atoms with Crippen molar-refractivity contribution in [1.29, 1.82) is 0 Å². The summed E-state index contributed by atoms with van der Waals surface area (Å²) in [6, 6.07) is 9.77. The van der Waals surface area contributed by atoms with Gasteiger partial charge in [-0.1, -0.05) is 12.1 Å². The monoisotopic (exact) mass is 327 g/mol. The molecular formula is C18H17NO3S. The van der Waals surface area contributed by atoms with Crippen LogP contribution in [0.1, 0.15) is 16.1 Å². The third-order valence-corrected chi connectivity index (χ3v) is 4.48. The number of fused-ring (bicyclic) bond motifs is 1. The zero-order valence-corrected chi connectivity index (χ0v) is 14.0. The molecule has 0 aliphatic carbocycles. The van der Waals surface area contributed by atoms with E-state index in [2.05, 4.69) is 30.1 Å². The minimum absolute atomic E-state index is 0.00242. The van der Waals surface area contributed by atoms with Crippen LogP contribution in [0.25, 0.3) is 22.4 Å². The van der Waals surface area contributed by atoms with E-state index in [9.17, 15) is 5.11 Å². The molecule has 1 aromatic heterocycles. The topological polar surface area (TPSA) is 51.6 Å². The molecule has 0 spiro atoms. The molecule has 0 saturated carbocycles. The van der Waals surface area contributed by atoms with Crippen molar-refractivity contribution >= 4 is 33.7 Å². The largest absolute Gasteiger partial charge is 0.502 e. The molecule has 0 bridgehead atoms. The Bertz CT molecular complexity index is 858. The maximum atomic E-state index is 9.94. The summed E-state index contributed by atoms with van der Waals surface area (Å²) in [5.74, 6) is 0.760. The van der Waals surface area contributed by atoms with E-state index in [0.717, 1.165) is 20.8 Å². The lowest BCUT2D eigenvalue weighted by Gasteiger charge is -2.09. The van der Waals surface area contributed by atoms with E-state index in [0.29, 0.717) is 11.5 Å². The standard InChI is InChI=1S/C18H17NO3S/c1-11-4-6-16-13(8-11)19-17(23-16)7-5-12-9-14(21-2)18(20)15(10-12)22-3/h4-10,20H,1-3H3. The maximum absolute atomic E-state index is 9.94. The average molecular weight is 327 g/mol. The number of methoxy groups -OCH3 is 2. The lowest BCUT2D eigenvalue weighted by Crippen LogP contribution is -1.90. The zero-order chi connectivity index (χ0) is 16.4. The molecule has 3 aromatic rings. The fourth-order valence-corrected chi connectivity index (χ4v) is 3.15.